The Morgan fingerprint density at radius 2 is 1.12 bits per heavy atom. The number of esters is 2. The molecule has 2 saturated heterocycles. The third kappa shape index (κ3) is 13.4. The van der Waals surface area contributed by atoms with Crippen molar-refractivity contribution in [2.24, 2.45) is 0 Å². The fourth-order valence-electron chi connectivity index (χ4n) is 7.75. The molecule has 75 heavy (non-hydrogen) atoms. The molecule has 0 bridgehead atoms. The van der Waals surface area contributed by atoms with Crippen LogP contribution in [0.3, 0.4) is 0 Å². The molecule has 0 aliphatic carbocycles. The van der Waals surface area contributed by atoms with Crippen LogP contribution in [0.1, 0.15) is 40.2 Å². The Morgan fingerprint density at radius 3 is 1.55 bits per heavy atom. The van der Waals surface area contributed by atoms with Gasteiger partial charge in [-0.3, -0.25) is 14.1 Å². The molecule has 0 radical (unpaired) electrons. The number of nitrogens with two attached hydrogens (primary N) is 4. The lowest BCUT2D eigenvalue weighted by Gasteiger charge is -2.27. The van der Waals surface area contributed by atoms with E-state index in [1.54, 1.807) is 85.2 Å². The van der Waals surface area contributed by atoms with Gasteiger partial charge >= 0.3 is 26.6 Å². The Bertz CT molecular complexity index is 3030. The number of aromatic nitrogens is 6. The fourth-order valence-corrected chi connectivity index (χ4v) is 10.9. The van der Waals surface area contributed by atoms with E-state index in [1.165, 1.54) is 51.0 Å². The maximum Gasteiger partial charge on any atom is 0.459 e. The Balaban J connectivity index is 0.000000202. The second-order valence-electron chi connectivity index (χ2n) is 17.3. The molecule has 2 aromatic carbocycles. The van der Waals surface area contributed by atoms with Crippen molar-refractivity contribution in [2.45, 2.75) is 87.9 Å². The second-order valence-corrected chi connectivity index (χ2v) is 21.7. The van der Waals surface area contributed by atoms with Gasteiger partial charge in [0, 0.05) is 23.6 Å². The van der Waals surface area contributed by atoms with Gasteiger partial charge in [-0.25, -0.2) is 14.2 Å². The van der Waals surface area contributed by atoms with Crippen LogP contribution in [0.4, 0.5) is 23.5 Å². The highest BCUT2D eigenvalue weighted by atomic mass is 35.7. The summed E-state index contributed by atoms with van der Waals surface area (Å²) in [6.07, 6.45) is -3.66. The van der Waals surface area contributed by atoms with Crippen LogP contribution in [0.5, 0.6) is 11.5 Å². The number of rotatable bonds is 16. The summed E-state index contributed by atoms with van der Waals surface area (Å²) in [7, 11) is -1.78. The number of hydrogen-bond acceptors (Lipinski definition) is 24. The Kier molecular flexibility index (Phi) is 18.4. The lowest BCUT2D eigenvalue weighted by molar-refractivity contribution is -0.143. The van der Waals surface area contributed by atoms with Crippen LogP contribution in [0.2, 0.25) is 0 Å². The summed E-state index contributed by atoms with van der Waals surface area (Å²) >= 11 is 5.68. The number of nitrogens with zero attached hydrogens (tertiary/aromatic N) is 6. The fraction of sp³-hybridized carbons (Fsp3) is 0.409. The van der Waals surface area contributed by atoms with Crippen molar-refractivity contribution < 1.29 is 76.8 Å². The van der Waals surface area contributed by atoms with Crippen molar-refractivity contribution in [1.29, 1.82) is 0 Å². The number of fused-ring (bicyclic) bond motifs is 2. The van der Waals surface area contributed by atoms with E-state index in [4.69, 9.17) is 57.2 Å². The minimum atomic E-state index is -4.20. The van der Waals surface area contributed by atoms with Crippen molar-refractivity contribution in [3.8, 4) is 11.5 Å². The molecule has 2 aliphatic rings. The van der Waals surface area contributed by atoms with Crippen molar-refractivity contribution in [1.82, 2.24) is 39.2 Å². The number of benzene rings is 2. The maximum atomic E-state index is 13.6. The molecule has 0 amide bonds. The van der Waals surface area contributed by atoms with Crippen LogP contribution < -0.4 is 42.2 Å². The summed E-state index contributed by atoms with van der Waals surface area (Å²) in [6.45, 7) is 1.21. The molecule has 6 heterocycles. The minimum absolute atomic E-state index is 0.00292. The van der Waals surface area contributed by atoms with E-state index < -0.39 is 99.9 Å². The first-order valence-corrected chi connectivity index (χ1v) is 26.6. The highest BCUT2D eigenvalue weighted by Gasteiger charge is 2.55. The van der Waals surface area contributed by atoms with E-state index in [2.05, 4.69) is 39.6 Å². The Morgan fingerprint density at radius 1 is 0.707 bits per heavy atom. The number of carbonyl (C=O) groups is 2. The molecule has 15 N–H and O–H groups in total. The molecule has 28 nitrogen and oxygen atoms in total. The minimum Gasteiger partial charge on any atom is -0.468 e. The zero-order valence-electron chi connectivity index (χ0n) is 41.1. The lowest BCUT2D eigenvalue weighted by atomic mass is 9.96. The first kappa shape index (κ1) is 58.0. The number of ether oxygens (including phenoxy) is 4. The van der Waals surface area contributed by atoms with E-state index in [0.29, 0.717) is 22.2 Å². The van der Waals surface area contributed by atoms with Gasteiger partial charge in [-0.1, -0.05) is 36.4 Å². The van der Waals surface area contributed by atoms with Gasteiger partial charge in [0.05, 0.1) is 38.2 Å². The number of nitrogen functional groups attached to an aromatic ring is 4. The highest BCUT2D eigenvalue weighted by molar-refractivity contribution is 7.84. The molecule has 4 aromatic heterocycles. The smallest absolute Gasteiger partial charge is 0.459 e. The molecule has 12 atom stereocenters. The number of aliphatic hydroxyl groups is 5. The summed E-state index contributed by atoms with van der Waals surface area (Å²) in [5.41, 5.74) is 20.3. The molecule has 408 valence electrons. The van der Waals surface area contributed by atoms with Crippen LogP contribution in [-0.2, 0) is 42.2 Å². The van der Waals surface area contributed by atoms with Gasteiger partial charge in [0.1, 0.15) is 82.1 Å². The third-order valence-electron chi connectivity index (χ3n) is 11.6. The van der Waals surface area contributed by atoms with Crippen molar-refractivity contribution >= 4 is 83.4 Å². The summed E-state index contributed by atoms with van der Waals surface area (Å²) in [4.78, 5) is 39.1. The number of para-hydroxylation sites is 2. The van der Waals surface area contributed by atoms with E-state index in [0.717, 1.165) is 0 Å². The van der Waals surface area contributed by atoms with Crippen LogP contribution in [-0.4, -0.2) is 142 Å². The number of hydrogen-bond donors (Lipinski definition) is 11. The second kappa shape index (κ2) is 23.8. The first-order valence-electron chi connectivity index (χ1n) is 22.5. The maximum absolute atomic E-state index is 13.6. The third-order valence-corrected chi connectivity index (χ3v) is 14.9. The largest absolute Gasteiger partial charge is 0.468 e. The standard InChI is InChI=1S/C22H29N6O8P.C12H17N5O4.C10H13ClNO4P/c1-12(19(30)33-3)27-37(32,36-13-7-5-4-6-8-13)34-11-15-16(29)22(2,31)20(35-15)28-10-9-14-17(23)25-21(24)26-18(14)28;1-12(20)7(19)6(4-18)21-10(12)17-3-2-5-8(13)15-11(14)16-9(5)17;1-8(10(13)15-2)12-17(11,14)16-9-6-4-3-5-7-9/h4-10,12,15-16,20,29,31H,11H2,1-3H3,(H,27,32)(H4,23,24,25,26);2-3,6-7,10,18-20H,4H2,1H3,(H4,13,14,15,16);3-8H,1-2H3,(H,12,14)/t12-,15+,16+,20+,22+,37?;6-,7-,10-,12-;8-,17?/m010/s1. The number of carbonyl (C=O) groups excluding carboxylic acids is 2. The van der Waals surface area contributed by atoms with Gasteiger partial charge in [0.15, 0.2) is 12.5 Å². The predicted octanol–water partition coefficient (Wildman–Crippen LogP) is 2.12. The van der Waals surface area contributed by atoms with Crippen molar-refractivity contribution in [3.63, 3.8) is 0 Å². The van der Waals surface area contributed by atoms with E-state index in [9.17, 15) is 44.3 Å². The first-order chi connectivity index (χ1) is 35.2. The van der Waals surface area contributed by atoms with Crippen LogP contribution >= 0.6 is 25.9 Å². The van der Waals surface area contributed by atoms with Gasteiger partial charge in [-0.2, -0.15) is 25.0 Å². The van der Waals surface area contributed by atoms with Gasteiger partial charge in [-0.15, -0.1) is 0 Å². The molecule has 2 fully saturated rings. The quantitative estimate of drug-likeness (QED) is 0.0488. The van der Waals surface area contributed by atoms with Crippen LogP contribution in [0, 0.1) is 0 Å². The molecule has 2 unspecified atom stereocenters. The average molecular weight is 1110 g/mol. The molecule has 0 spiro atoms. The van der Waals surface area contributed by atoms with E-state index >= 15 is 0 Å². The number of nitrogens with one attached hydrogen (secondary N) is 2. The Labute approximate surface area is 433 Å². The summed E-state index contributed by atoms with van der Waals surface area (Å²) in [5.74, 6) is -0.414. The average Bonchev–Trinajstić information content (AvgIpc) is 4.09. The number of methoxy groups -OCH3 is 2. The number of halogens is 1. The van der Waals surface area contributed by atoms with Crippen LogP contribution in [0.15, 0.2) is 85.2 Å². The Hall–Kier alpha value is -6.23. The number of anilines is 4. The molecule has 31 heteroatoms. The molecule has 0 saturated carbocycles. The van der Waals surface area contributed by atoms with Crippen molar-refractivity contribution in [3.05, 3.63) is 85.2 Å². The van der Waals surface area contributed by atoms with Gasteiger partial charge in [-0.05, 0) is 64.1 Å². The zero-order valence-corrected chi connectivity index (χ0v) is 43.7. The molecular weight excluding hydrogens is 1050 g/mol. The predicted molar refractivity (Wildman–Crippen MR) is 271 cm³/mol. The van der Waals surface area contributed by atoms with E-state index in [1.807, 2.05) is 0 Å². The number of aliphatic hydroxyl groups excluding tert-OH is 3. The summed E-state index contributed by atoms with van der Waals surface area (Å²) < 4.78 is 65.2. The van der Waals surface area contributed by atoms with Gasteiger partial charge in [0.2, 0.25) is 11.9 Å². The molecule has 6 aromatic rings. The topological polar surface area (TPSA) is 424 Å². The van der Waals surface area contributed by atoms with E-state index in [-0.39, 0.29) is 34.9 Å². The normalized spacial score (nSPS) is 25.6. The zero-order chi connectivity index (χ0) is 55.2. The van der Waals surface area contributed by atoms with Crippen LogP contribution in [0.25, 0.3) is 22.1 Å². The SMILES string of the molecule is COC(=O)[C@H](C)NP(=O)(Cl)Oc1ccccc1.COC(=O)[C@H](C)NP(=O)(OC[C@H]1O[C@@H](n2ccc3c(N)nc(N)nc32)[C@](C)(O)[C@@H]1O)Oc1ccccc1.C[C@@]1(O)[C@H](O)[C@@H](CO)O[C@H]1n1ccc2c(N)nc(N)nc21. The highest BCUT2D eigenvalue weighted by Crippen LogP contribution is 2.49. The lowest BCUT2D eigenvalue weighted by Crippen LogP contribution is -2.44. The summed E-state index contributed by atoms with van der Waals surface area (Å²) in [5, 5.41) is 57.7. The monoisotopic (exact) mass is 1110 g/mol. The summed E-state index contributed by atoms with van der Waals surface area (Å²) in [6, 6.07) is 18.1. The molecule has 8 rings (SSSR count). The van der Waals surface area contributed by atoms with Crippen molar-refractivity contribution in [2.75, 3.05) is 50.4 Å². The van der Waals surface area contributed by atoms with Gasteiger partial charge in [0.25, 0.3) is 0 Å². The molecule has 2 aliphatic heterocycles. The molecular formula is C44H59ClN12O16P2. The van der Waals surface area contributed by atoms with Gasteiger partial charge < -0.3 is 85.6 Å².